The van der Waals surface area contributed by atoms with Crippen LogP contribution in [-0.4, -0.2) is 25.8 Å². The molecular formula is C15H21ClFNO. The van der Waals surface area contributed by atoms with E-state index in [-0.39, 0.29) is 16.9 Å². The van der Waals surface area contributed by atoms with E-state index in [9.17, 15) is 4.39 Å². The molecule has 2 unspecified atom stereocenters. The maximum Gasteiger partial charge on any atom is 0.145 e. The van der Waals surface area contributed by atoms with Gasteiger partial charge >= 0.3 is 0 Å². The van der Waals surface area contributed by atoms with Crippen molar-refractivity contribution in [3.8, 4) is 0 Å². The molecule has 1 aromatic rings. The number of likely N-dealkylation sites (N-methyl/N-ethyl adjacent to an activating group) is 1. The zero-order chi connectivity index (χ0) is 13.7. The molecule has 1 aliphatic heterocycles. The van der Waals surface area contributed by atoms with Crippen molar-refractivity contribution in [3.63, 3.8) is 0 Å². The number of nitrogens with one attached hydrogen (secondary N) is 1. The van der Waals surface area contributed by atoms with Gasteiger partial charge in [-0.3, -0.25) is 0 Å². The predicted octanol–water partition coefficient (Wildman–Crippen LogP) is 3.43. The summed E-state index contributed by atoms with van der Waals surface area (Å²) < 4.78 is 19.5. The first kappa shape index (κ1) is 14.8. The second-order valence-electron chi connectivity index (χ2n) is 5.06. The monoisotopic (exact) mass is 285 g/mol. The number of hydrogen-bond acceptors (Lipinski definition) is 2. The van der Waals surface area contributed by atoms with Crippen LogP contribution in [0.4, 0.5) is 4.39 Å². The average Bonchev–Trinajstić information content (AvgIpc) is 2.44. The maximum atomic E-state index is 14.0. The fourth-order valence-electron chi connectivity index (χ4n) is 2.69. The minimum absolute atomic E-state index is 0.202. The highest BCUT2D eigenvalue weighted by Gasteiger charge is 2.24. The first-order chi connectivity index (χ1) is 9.22. The van der Waals surface area contributed by atoms with E-state index < -0.39 is 0 Å². The molecule has 0 saturated carbocycles. The second kappa shape index (κ2) is 7.22. The summed E-state index contributed by atoms with van der Waals surface area (Å²) in [5.41, 5.74) is 0.684. The number of hydrogen-bond donors (Lipinski definition) is 1. The van der Waals surface area contributed by atoms with Crippen LogP contribution in [0, 0.1) is 11.7 Å². The molecule has 19 heavy (non-hydrogen) atoms. The Hall–Kier alpha value is -0.640. The summed E-state index contributed by atoms with van der Waals surface area (Å²) in [6, 6.07) is 5.46. The summed E-state index contributed by atoms with van der Waals surface area (Å²) in [5.74, 6) is 0.163. The largest absolute Gasteiger partial charge is 0.381 e. The molecule has 0 aromatic heterocycles. The Balaban J connectivity index is 2.08. The van der Waals surface area contributed by atoms with Gasteiger partial charge in [0.2, 0.25) is 0 Å². The standard InChI is InChI=1S/C15H21ClFNO/c1-2-18-14(12-6-4-8-19-10-12)9-11-5-3-7-13(16)15(11)17/h3,5,7,12,14,18H,2,4,6,8-10H2,1H3. The first-order valence-electron chi connectivity index (χ1n) is 6.96. The molecule has 0 spiro atoms. The van der Waals surface area contributed by atoms with E-state index in [0.717, 1.165) is 32.6 Å². The van der Waals surface area contributed by atoms with Crippen LogP contribution >= 0.6 is 11.6 Å². The molecule has 0 radical (unpaired) electrons. The van der Waals surface area contributed by atoms with Gasteiger partial charge in [-0.2, -0.15) is 0 Å². The van der Waals surface area contributed by atoms with Gasteiger partial charge < -0.3 is 10.1 Å². The molecule has 1 aliphatic rings. The van der Waals surface area contributed by atoms with Crippen molar-refractivity contribution in [1.82, 2.24) is 5.32 Å². The van der Waals surface area contributed by atoms with E-state index in [1.54, 1.807) is 12.1 Å². The van der Waals surface area contributed by atoms with Gasteiger partial charge in [0.1, 0.15) is 5.82 Å². The van der Waals surface area contributed by atoms with Crippen LogP contribution in [0.15, 0.2) is 18.2 Å². The lowest BCUT2D eigenvalue weighted by atomic mass is 9.89. The Morgan fingerprint density at radius 3 is 3.05 bits per heavy atom. The van der Waals surface area contributed by atoms with Gasteiger partial charge in [-0.25, -0.2) is 4.39 Å². The molecule has 106 valence electrons. The smallest absolute Gasteiger partial charge is 0.145 e. The summed E-state index contributed by atoms with van der Waals surface area (Å²) in [7, 11) is 0. The molecule has 1 heterocycles. The fraction of sp³-hybridized carbons (Fsp3) is 0.600. The topological polar surface area (TPSA) is 21.3 Å². The third-order valence-corrected chi connectivity index (χ3v) is 3.99. The quantitative estimate of drug-likeness (QED) is 0.895. The summed E-state index contributed by atoms with van der Waals surface area (Å²) in [4.78, 5) is 0. The molecular weight excluding hydrogens is 265 g/mol. The Kier molecular flexibility index (Phi) is 5.61. The molecule has 2 atom stereocenters. The molecule has 2 nitrogen and oxygen atoms in total. The minimum Gasteiger partial charge on any atom is -0.381 e. The van der Waals surface area contributed by atoms with Crippen LogP contribution in [0.5, 0.6) is 0 Å². The van der Waals surface area contributed by atoms with Crippen molar-refractivity contribution < 1.29 is 9.13 Å². The van der Waals surface area contributed by atoms with Crippen LogP contribution in [0.1, 0.15) is 25.3 Å². The van der Waals surface area contributed by atoms with Crippen molar-refractivity contribution in [2.45, 2.75) is 32.2 Å². The van der Waals surface area contributed by atoms with Crippen molar-refractivity contribution in [1.29, 1.82) is 0 Å². The van der Waals surface area contributed by atoms with E-state index in [2.05, 4.69) is 12.2 Å². The number of ether oxygens (including phenoxy) is 1. The summed E-state index contributed by atoms with van der Waals surface area (Å²) in [5, 5.41) is 3.66. The molecule has 0 aliphatic carbocycles. The van der Waals surface area contributed by atoms with Crippen LogP contribution in [-0.2, 0) is 11.2 Å². The van der Waals surface area contributed by atoms with E-state index in [0.29, 0.717) is 17.9 Å². The zero-order valence-electron chi connectivity index (χ0n) is 11.3. The fourth-order valence-corrected chi connectivity index (χ4v) is 2.89. The van der Waals surface area contributed by atoms with E-state index in [4.69, 9.17) is 16.3 Å². The van der Waals surface area contributed by atoms with E-state index in [1.165, 1.54) is 0 Å². The van der Waals surface area contributed by atoms with E-state index >= 15 is 0 Å². The molecule has 1 fully saturated rings. The Morgan fingerprint density at radius 1 is 1.53 bits per heavy atom. The van der Waals surface area contributed by atoms with Gasteiger partial charge in [-0.1, -0.05) is 30.7 Å². The molecule has 1 N–H and O–H groups in total. The van der Waals surface area contributed by atoms with Crippen LogP contribution in [0.25, 0.3) is 0 Å². The summed E-state index contributed by atoms with van der Waals surface area (Å²) in [6.45, 7) is 4.56. The van der Waals surface area contributed by atoms with Gasteiger partial charge in [-0.15, -0.1) is 0 Å². The highest BCUT2D eigenvalue weighted by molar-refractivity contribution is 6.30. The normalized spacial score (nSPS) is 21.3. The third kappa shape index (κ3) is 3.91. The average molecular weight is 286 g/mol. The molecule has 0 bridgehead atoms. The van der Waals surface area contributed by atoms with E-state index in [1.807, 2.05) is 6.07 Å². The second-order valence-corrected chi connectivity index (χ2v) is 5.47. The lowest BCUT2D eigenvalue weighted by Gasteiger charge is -2.31. The Morgan fingerprint density at radius 2 is 2.37 bits per heavy atom. The Bertz CT molecular complexity index is 407. The molecule has 0 amide bonds. The summed E-state index contributed by atoms with van der Waals surface area (Å²) >= 11 is 5.84. The molecule has 4 heteroatoms. The highest BCUT2D eigenvalue weighted by atomic mass is 35.5. The van der Waals surface area contributed by atoms with Crippen LogP contribution in [0.3, 0.4) is 0 Å². The van der Waals surface area contributed by atoms with Gasteiger partial charge in [0.05, 0.1) is 11.6 Å². The van der Waals surface area contributed by atoms with Crippen molar-refractivity contribution in [2.24, 2.45) is 5.92 Å². The number of rotatable bonds is 5. The number of benzene rings is 1. The SMILES string of the molecule is CCNC(Cc1cccc(Cl)c1F)C1CCCOC1. The highest BCUT2D eigenvalue weighted by Crippen LogP contribution is 2.24. The zero-order valence-corrected chi connectivity index (χ0v) is 12.0. The van der Waals surface area contributed by atoms with Crippen molar-refractivity contribution >= 4 is 11.6 Å². The van der Waals surface area contributed by atoms with Gasteiger partial charge in [0.25, 0.3) is 0 Å². The van der Waals surface area contributed by atoms with Crippen LogP contribution < -0.4 is 5.32 Å². The van der Waals surface area contributed by atoms with Crippen LogP contribution in [0.2, 0.25) is 5.02 Å². The van der Waals surface area contributed by atoms with Gasteiger partial charge in [0, 0.05) is 12.6 Å². The van der Waals surface area contributed by atoms with Crippen molar-refractivity contribution in [3.05, 3.63) is 34.6 Å². The van der Waals surface area contributed by atoms with Crippen molar-refractivity contribution in [2.75, 3.05) is 19.8 Å². The lowest BCUT2D eigenvalue weighted by molar-refractivity contribution is 0.0394. The predicted molar refractivity (Wildman–Crippen MR) is 76.1 cm³/mol. The minimum atomic E-state index is -0.288. The lowest BCUT2D eigenvalue weighted by Crippen LogP contribution is -2.41. The molecule has 1 aromatic carbocycles. The van der Waals surface area contributed by atoms with Gasteiger partial charge in [0.15, 0.2) is 0 Å². The number of halogens is 2. The molecule has 1 saturated heterocycles. The van der Waals surface area contributed by atoms with Gasteiger partial charge in [-0.05, 0) is 43.4 Å². The molecule has 2 rings (SSSR count). The third-order valence-electron chi connectivity index (χ3n) is 3.70. The first-order valence-corrected chi connectivity index (χ1v) is 7.34. The summed E-state index contributed by atoms with van der Waals surface area (Å²) in [6.07, 6.45) is 2.89. The maximum absolute atomic E-state index is 14.0. The Labute approximate surface area is 119 Å².